The number of nitrogens with one attached hydrogen (secondary N) is 1. The van der Waals surface area contributed by atoms with Crippen molar-refractivity contribution in [3.63, 3.8) is 0 Å². The van der Waals surface area contributed by atoms with Crippen molar-refractivity contribution in [2.45, 2.75) is 0 Å². The molecule has 0 unspecified atom stereocenters. The predicted octanol–water partition coefficient (Wildman–Crippen LogP) is 2.12. The summed E-state index contributed by atoms with van der Waals surface area (Å²) in [5.74, 6) is -0.630. The van der Waals surface area contributed by atoms with Crippen molar-refractivity contribution in [3.05, 3.63) is 42.2 Å². The molecule has 0 radical (unpaired) electrons. The van der Waals surface area contributed by atoms with E-state index in [1.807, 2.05) is 30.3 Å². The van der Waals surface area contributed by atoms with E-state index in [9.17, 15) is 4.79 Å². The lowest BCUT2D eigenvalue weighted by Crippen LogP contribution is -2.13. The largest absolute Gasteiger partial charge is 0.389 e. The fourth-order valence-electron chi connectivity index (χ4n) is 1.84. The van der Waals surface area contributed by atoms with Crippen LogP contribution in [0.4, 0.5) is 15.8 Å². The minimum Gasteiger partial charge on any atom is -0.389 e. The molecule has 0 aliphatic heterocycles. The van der Waals surface area contributed by atoms with Crippen LogP contribution in [-0.2, 0) is 0 Å². The molecule has 0 aliphatic carbocycles. The van der Waals surface area contributed by atoms with E-state index in [-0.39, 0.29) is 5.69 Å². The fraction of sp³-hybridized carbons (Fsp3) is 0. The van der Waals surface area contributed by atoms with Crippen LogP contribution in [0.15, 0.2) is 36.5 Å². The summed E-state index contributed by atoms with van der Waals surface area (Å²) in [6.45, 7) is 0. The molecule has 6 nitrogen and oxygen atoms in total. The van der Waals surface area contributed by atoms with Crippen molar-refractivity contribution >= 4 is 44.0 Å². The number of primary amides is 1. The number of amides is 1. The maximum Gasteiger partial charge on any atom is 0.270 e. The topological polar surface area (TPSA) is 107 Å². The number of fused-ring (bicyclic) bond motifs is 1. The van der Waals surface area contributed by atoms with Crippen LogP contribution in [0.5, 0.6) is 0 Å². The number of carbonyl (C=O) groups is 1. The van der Waals surface area contributed by atoms with Crippen molar-refractivity contribution in [3.8, 4) is 0 Å². The molecule has 20 heavy (non-hydrogen) atoms. The Balaban J connectivity index is 1.92. The van der Waals surface area contributed by atoms with Gasteiger partial charge >= 0.3 is 0 Å². The van der Waals surface area contributed by atoms with E-state index in [2.05, 4.69) is 15.3 Å². The monoisotopic (exact) mass is 285 g/mol. The van der Waals surface area contributed by atoms with Gasteiger partial charge in [0.05, 0.1) is 5.52 Å². The molecule has 0 aliphatic rings. The zero-order valence-corrected chi connectivity index (χ0v) is 11.1. The van der Waals surface area contributed by atoms with Gasteiger partial charge in [0, 0.05) is 17.3 Å². The molecular weight excluding hydrogens is 274 g/mol. The third kappa shape index (κ3) is 2.26. The van der Waals surface area contributed by atoms with Gasteiger partial charge in [-0.3, -0.25) is 9.78 Å². The molecule has 0 saturated heterocycles. The molecule has 7 heteroatoms. The summed E-state index contributed by atoms with van der Waals surface area (Å²) in [6, 6.07) is 9.58. The summed E-state index contributed by atoms with van der Waals surface area (Å²) in [7, 11) is 0. The van der Waals surface area contributed by atoms with Crippen LogP contribution in [-0.4, -0.2) is 15.9 Å². The number of thiazole rings is 1. The van der Waals surface area contributed by atoms with Crippen LogP contribution in [0.3, 0.4) is 0 Å². The molecule has 3 aromatic rings. The molecule has 0 atom stereocenters. The molecule has 1 amide bonds. The minimum atomic E-state index is -0.630. The Labute approximate surface area is 118 Å². The van der Waals surface area contributed by atoms with E-state index >= 15 is 0 Å². The standard InChI is InChI=1S/C13H11N5OS/c14-11(19)10-12(15)20-13(18-10)17-8-3-4-9-7(6-8)2-1-5-16-9/h1-6H,15H2,(H2,14,19)(H,17,18). The average Bonchev–Trinajstić information content (AvgIpc) is 2.79. The van der Waals surface area contributed by atoms with Gasteiger partial charge in [-0.25, -0.2) is 4.98 Å². The van der Waals surface area contributed by atoms with Gasteiger partial charge in [0.25, 0.3) is 5.91 Å². The van der Waals surface area contributed by atoms with Crippen molar-refractivity contribution in [2.24, 2.45) is 5.73 Å². The lowest BCUT2D eigenvalue weighted by molar-refractivity contribution is 0.0997. The van der Waals surface area contributed by atoms with Gasteiger partial charge in [0.15, 0.2) is 10.8 Å². The number of nitrogen functional groups attached to an aromatic ring is 1. The lowest BCUT2D eigenvalue weighted by atomic mass is 10.2. The predicted molar refractivity (Wildman–Crippen MR) is 80.1 cm³/mol. The fourth-order valence-corrected chi connectivity index (χ4v) is 2.60. The number of nitrogens with two attached hydrogens (primary N) is 2. The van der Waals surface area contributed by atoms with Crippen molar-refractivity contribution < 1.29 is 4.79 Å². The van der Waals surface area contributed by atoms with Gasteiger partial charge in [-0.05, 0) is 24.3 Å². The Morgan fingerprint density at radius 2 is 2.15 bits per heavy atom. The van der Waals surface area contributed by atoms with E-state index in [4.69, 9.17) is 11.5 Å². The molecule has 100 valence electrons. The second kappa shape index (κ2) is 4.78. The van der Waals surface area contributed by atoms with Crippen molar-refractivity contribution in [2.75, 3.05) is 11.1 Å². The highest BCUT2D eigenvalue weighted by molar-refractivity contribution is 7.19. The Hall–Kier alpha value is -2.67. The van der Waals surface area contributed by atoms with Gasteiger partial charge in [-0.1, -0.05) is 17.4 Å². The number of hydrogen-bond donors (Lipinski definition) is 3. The van der Waals surface area contributed by atoms with Crippen LogP contribution in [0, 0.1) is 0 Å². The van der Waals surface area contributed by atoms with Crippen molar-refractivity contribution in [1.82, 2.24) is 9.97 Å². The Morgan fingerprint density at radius 1 is 1.30 bits per heavy atom. The number of anilines is 3. The summed E-state index contributed by atoms with van der Waals surface area (Å²) >= 11 is 1.18. The highest BCUT2D eigenvalue weighted by Gasteiger charge is 2.13. The number of pyridine rings is 1. The first kappa shape index (κ1) is 12.4. The smallest absolute Gasteiger partial charge is 0.270 e. The Kier molecular flexibility index (Phi) is 2.96. The van der Waals surface area contributed by atoms with E-state index in [1.165, 1.54) is 11.3 Å². The van der Waals surface area contributed by atoms with Gasteiger partial charge in [0.2, 0.25) is 0 Å². The van der Waals surface area contributed by atoms with Crippen LogP contribution in [0.25, 0.3) is 10.9 Å². The quantitative estimate of drug-likeness (QED) is 0.683. The van der Waals surface area contributed by atoms with Crippen molar-refractivity contribution in [1.29, 1.82) is 0 Å². The number of rotatable bonds is 3. The van der Waals surface area contributed by atoms with Gasteiger partial charge in [0.1, 0.15) is 5.00 Å². The first-order valence-corrected chi connectivity index (χ1v) is 6.63. The second-order valence-electron chi connectivity index (χ2n) is 4.13. The average molecular weight is 285 g/mol. The number of carbonyl (C=O) groups excluding carboxylic acids is 1. The lowest BCUT2D eigenvalue weighted by Gasteiger charge is -2.03. The van der Waals surface area contributed by atoms with Gasteiger partial charge < -0.3 is 16.8 Å². The third-order valence-electron chi connectivity index (χ3n) is 2.74. The molecule has 2 aromatic heterocycles. The number of hydrogen-bond acceptors (Lipinski definition) is 6. The molecule has 0 bridgehead atoms. The molecule has 1 aromatic carbocycles. The molecule has 0 spiro atoms. The van der Waals surface area contributed by atoms with E-state index < -0.39 is 5.91 Å². The number of benzene rings is 1. The first-order chi connectivity index (χ1) is 9.63. The molecule has 2 heterocycles. The Morgan fingerprint density at radius 3 is 2.90 bits per heavy atom. The van der Waals surface area contributed by atoms with Crippen LogP contribution >= 0.6 is 11.3 Å². The maximum atomic E-state index is 11.1. The van der Waals surface area contributed by atoms with Gasteiger partial charge in [-0.15, -0.1) is 0 Å². The highest BCUT2D eigenvalue weighted by atomic mass is 32.1. The van der Waals surface area contributed by atoms with Crippen LogP contribution in [0.2, 0.25) is 0 Å². The highest BCUT2D eigenvalue weighted by Crippen LogP contribution is 2.28. The van der Waals surface area contributed by atoms with Gasteiger partial charge in [-0.2, -0.15) is 0 Å². The third-order valence-corrected chi connectivity index (χ3v) is 3.54. The minimum absolute atomic E-state index is 0.0972. The maximum absolute atomic E-state index is 11.1. The zero-order chi connectivity index (χ0) is 14.1. The number of nitrogens with zero attached hydrogens (tertiary/aromatic N) is 2. The van der Waals surface area contributed by atoms with E-state index in [0.29, 0.717) is 10.1 Å². The molecule has 0 fully saturated rings. The first-order valence-electron chi connectivity index (χ1n) is 5.81. The molecule has 5 N–H and O–H groups in total. The summed E-state index contributed by atoms with van der Waals surface area (Å²) in [5.41, 5.74) is 12.7. The SMILES string of the molecule is NC(=O)c1nc(Nc2ccc3ncccc3c2)sc1N. The number of aromatic nitrogens is 2. The second-order valence-corrected chi connectivity index (χ2v) is 5.16. The molecule has 3 rings (SSSR count). The summed E-state index contributed by atoms with van der Waals surface area (Å²) in [6.07, 6.45) is 1.75. The summed E-state index contributed by atoms with van der Waals surface area (Å²) < 4.78 is 0. The summed E-state index contributed by atoms with van der Waals surface area (Å²) in [4.78, 5) is 19.4. The van der Waals surface area contributed by atoms with E-state index in [0.717, 1.165) is 16.6 Å². The van der Waals surface area contributed by atoms with Crippen LogP contribution in [0.1, 0.15) is 10.5 Å². The molecular formula is C13H11N5OS. The zero-order valence-electron chi connectivity index (χ0n) is 10.3. The summed E-state index contributed by atoms with van der Waals surface area (Å²) in [5, 5.41) is 4.95. The normalized spacial score (nSPS) is 10.6. The molecule has 0 saturated carbocycles. The Bertz CT molecular complexity index is 798. The van der Waals surface area contributed by atoms with E-state index in [1.54, 1.807) is 6.20 Å². The van der Waals surface area contributed by atoms with Crippen LogP contribution < -0.4 is 16.8 Å².